The van der Waals surface area contributed by atoms with E-state index >= 15 is 0 Å². The van der Waals surface area contributed by atoms with Gasteiger partial charge in [-0.1, -0.05) is 0 Å². The smallest absolute Gasteiger partial charge is 0.227 e. The fourth-order valence-corrected chi connectivity index (χ4v) is 1.69. The van der Waals surface area contributed by atoms with E-state index in [1.54, 1.807) is 0 Å². The first-order valence-electron chi connectivity index (χ1n) is 4.80. The minimum Gasteiger partial charge on any atom is -0.377 e. The standard InChI is InChI=1S/C9H16N2O2/c1-9(2-3-10-6-9)8(12)11-7-4-13-5-7/h7,10H,2-6H2,1H3,(H,11,12). The molecule has 2 N–H and O–H groups in total. The molecule has 0 aliphatic carbocycles. The second-order valence-electron chi connectivity index (χ2n) is 4.20. The maximum absolute atomic E-state index is 11.8. The van der Waals surface area contributed by atoms with Crippen molar-refractivity contribution < 1.29 is 9.53 Å². The van der Waals surface area contributed by atoms with E-state index in [0.29, 0.717) is 13.2 Å². The predicted octanol–water partition coefficient (Wildman–Crippen LogP) is -0.499. The lowest BCUT2D eigenvalue weighted by molar-refractivity contribution is -0.133. The molecule has 2 aliphatic heterocycles. The summed E-state index contributed by atoms with van der Waals surface area (Å²) < 4.78 is 5.00. The zero-order chi connectivity index (χ0) is 9.31. The van der Waals surface area contributed by atoms with Crippen LogP contribution in [0.3, 0.4) is 0 Å². The molecule has 74 valence electrons. The number of hydrogen-bond acceptors (Lipinski definition) is 3. The molecule has 0 aromatic heterocycles. The molecular weight excluding hydrogens is 168 g/mol. The molecule has 4 nitrogen and oxygen atoms in total. The molecule has 1 unspecified atom stereocenters. The Morgan fingerprint density at radius 2 is 2.38 bits per heavy atom. The van der Waals surface area contributed by atoms with E-state index in [4.69, 9.17) is 4.74 Å². The molecule has 2 rings (SSSR count). The van der Waals surface area contributed by atoms with Gasteiger partial charge in [-0.15, -0.1) is 0 Å². The average molecular weight is 184 g/mol. The van der Waals surface area contributed by atoms with Crippen molar-refractivity contribution in [1.29, 1.82) is 0 Å². The van der Waals surface area contributed by atoms with Crippen molar-refractivity contribution in [2.45, 2.75) is 19.4 Å². The van der Waals surface area contributed by atoms with E-state index in [1.807, 2.05) is 6.92 Å². The largest absolute Gasteiger partial charge is 0.377 e. The van der Waals surface area contributed by atoms with Crippen molar-refractivity contribution in [2.75, 3.05) is 26.3 Å². The van der Waals surface area contributed by atoms with Crippen molar-refractivity contribution in [1.82, 2.24) is 10.6 Å². The maximum atomic E-state index is 11.8. The Bertz CT molecular complexity index is 208. The van der Waals surface area contributed by atoms with Crippen molar-refractivity contribution in [3.8, 4) is 0 Å². The molecule has 0 saturated carbocycles. The minimum atomic E-state index is -0.199. The van der Waals surface area contributed by atoms with Crippen molar-refractivity contribution in [3.05, 3.63) is 0 Å². The van der Waals surface area contributed by atoms with Gasteiger partial charge in [-0.3, -0.25) is 4.79 Å². The monoisotopic (exact) mass is 184 g/mol. The molecule has 4 heteroatoms. The van der Waals surface area contributed by atoms with Crippen LogP contribution < -0.4 is 10.6 Å². The first-order valence-corrected chi connectivity index (χ1v) is 4.80. The number of hydrogen-bond donors (Lipinski definition) is 2. The lowest BCUT2D eigenvalue weighted by Crippen LogP contribution is -2.53. The van der Waals surface area contributed by atoms with E-state index in [0.717, 1.165) is 19.5 Å². The Hall–Kier alpha value is -0.610. The first kappa shape index (κ1) is 8.97. The van der Waals surface area contributed by atoms with Gasteiger partial charge in [0.05, 0.1) is 24.7 Å². The highest BCUT2D eigenvalue weighted by molar-refractivity contribution is 5.83. The Kier molecular flexibility index (Phi) is 2.26. The number of carbonyl (C=O) groups is 1. The summed E-state index contributed by atoms with van der Waals surface area (Å²) in [7, 11) is 0. The molecule has 0 bridgehead atoms. The van der Waals surface area contributed by atoms with Crippen LogP contribution >= 0.6 is 0 Å². The Morgan fingerprint density at radius 3 is 2.85 bits per heavy atom. The van der Waals surface area contributed by atoms with Crippen LogP contribution in [0, 0.1) is 5.41 Å². The maximum Gasteiger partial charge on any atom is 0.227 e. The summed E-state index contributed by atoms with van der Waals surface area (Å²) in [6.45, 7) is 5.11. The van der Waals surface area contributed by atoms with Crippen molar-refractivity contribution in [2.24, 2.45) is 5.41 Å². The molecule has 2 fully saturated rings. The molecule has 0 aromatic carbocycles. The van der Waals surface area contributed by atoms with Crippen LogP contribution in [0.1, 0.15) is 13.3 Å². The van der Waals surface area contributed by atoms with Gasteiger partial charge in [0.15, 0.2) is 0 Å². The molecule has 2 saturated heterocycles. The molecule has 0 spiro atoms. The highest BCUT2D eigenvalue weighted by Gasteiger charge is 2.37. The lowest BCUT2D eigenvalue weighted by atomic mass is 9.88. The van der Waals surface area contributed by atoms with Gasteiger partial charge in [0.1, 0.15) is 0 Å². The SMILES string of the molecule is CC1(C(=O)NC2COC2)CCNC1. The molecule has 2 aliphatic rings. The molecule has 13 heavy (non-hydrogen) atoms. The van der Waals surface area contributed by atoms with Crippen LogP contribution in [-0.4, -0.2) is 38.3 Å². The van der Waals surface area contributed by atoms with Crippen LogP contribution in [0.5, 0.6) is 0 Å². The van der Waals surface area contributed by atoms with Gasteiger partial charge in [0.25, 0.3) is 0 Å². The van der Waals surface area contributed by atoms with Crippen LogP contribution in [0.4, 0.5) is 0 Å². The second-order valence-corrected chi connectivity index (χ2v) is 4.20. The first-order chi connectivity index (χ1) is 6.21. The van der Waals surface area contributed by atoms with Gasteiger partial charge < -0.3 is 15.4 Å². The van der Waals surface area contributed by atoms with Crippen LogP contribution in [0.15, 0.2) is 0 Å². The predicted molar refractivity (Wildman–Crippen MR) is 48.3 cm³/mol. The van der Waals surface area contributed by atoms with Gasteiger partial charge in [-0.2, -0.15) is 0 Å². The summed E-state index contributed by atoms with van der Waals surface area (Å²) in [6.07, 6.45) is 0.937. The Labute approximate surface area is 78.0 Å². The number of amides is 1. The summed E-state index contributed by atoms with van der Waals surface area (Å²) >= 11 is 0. The topological polar surface area (TPSA) is 50.4 Å². The van der Waals surface area contributed by atoms with E-state index in [-0.39, 0.29) is 17.4 Å². The third kappa shape index (κ3) is 1.69. The van der Waals surface area contributed by atoms with Gasteiger partial charge in [-0.25, -0.2) is 0 Å². The van der Waals surface area contributed by atoms with Crippen LogP contribution in [0.2, 0.25) is 0 Å². The van der Waals surface area contributed by atoms with Crippen molar-refractivity contribution >= 4 is 5.91 Å². The Balaban J connectivity index is 1.87. The number of ether oxygens (including phenoxy) is 1. The fourth-order valence-electron chi connectivity index (χ4n) is 1.69. The molecule has 1 atom stereocenters. The Morgan fingerprint density at radius 1 is 1.62 bits per heavy atom. The highest BCUT2D eigenvalue weighted by atomic mass is 16.5. The zero-order valence-corrected chi connectivity index (χ0v) is 7.93. The quantitative estimate of drug-likeness (QED) is 0.608. The number of nitrogens with one attached hydrogen (secondary N) is 2. The fraction of sp³-hybridized carbons (Fsp3) is 0.889. The van der Waals surface area contributed by atoms with E-state index in [9.17, 15) is 4.79 Å². The summed E-state index contributed by atoms with van der Waals surface area (Å²) in [5.74, 6) is 0.172. The van der Waals surface area contributed by atoms with E-state index < -0.39 is 0 Å². The minimum absolute atomic E-state index is 0.172. The molecule has 0 aromatic rings. The van der Waals surface area contributed by atoms with Gasteiger partial charge in [-0.05, 0) is 19.9 Å². The number of rotatable bonds is 2. The third-order valence-corrected chi connectivity index (χ3v) is 2.89. The second kappa shape index (κ2) is 3.27. The van der Waals surface area contributed by atoms with E-state index in [2.05, 4.69) is 10.6 Å². The lowest BCUT2D eigenvalue weighted by Gasteiger charge is -2.31. The summed E-state index contributed by atoms with van der Waals surface area (Å²) in [5.41, 5.74) is -0.199. The van der Waals surface area contributed by atoms with Crippen LogP contribution in [0.25, 0.3) is 0 Å². The van der Waals surface area contributed by atoms with Gasteiger partial charge in [0.2, 0.25) is 5.91 Å². The van der Waals surface area contributed by atoms with Crippen molar-refractivity contribution in [3.63, 3.8) is 0 Å². The molecule has 1 amide bonds. The van der Waals surface area contributed by atoms with Gasteiger partial charge in [0, 0.05) is 6.54 Å². The summed E-state index contributed by atoms with van der Waals surface area (Å²) in [5, 5.41) is 6.21. The van der Waals surface area contributed by atoms with Gasteiger partial charge >= 0.3 is 0 Å². The normalized spacial score (nSPS) is 34.2. The number of carbonyl (C=O) groups excluding carboxylic acids is 1. The van der Waals surface area contributed by atoms with E-state index in [1.165, 1.54) is 0 Å². The summed E-state index contributed by atoms with van der Waals surface area (Å²) in [6, 6.07) is 0.255. The zero-order valence-electron chi connectivity index (χ0n) is 7.93. The molecule has 0 radical (unpaired) electrons. The average Bonchev–Trinajstić information content (AvgIpc) is 2.45. The summed E-state index contributed by atoms with van der Waals surface area (Å²) in [4.78, 5) is 11.8. The molecule has 2 heterocycles. The van der Waals surface area contributed by atoms with Crippen LogP contribution in [-0.2, 0) is 9.53 Å². The molecular formula is C9H16N2O2. The third-order valence-electron chi connectivity index (χ3n) is 2.89. The highest BCUT2D eigenvalue weighted by Crippen LogP contribution is 2.24.